The fourth-order valence-corrected chi connectivity index (χ4v) is 4.32. The van der Waals surface area contributed by atoms with Crippen molar-refractivity contribution in [1.29, 1.82) is 0 Å². The Morgan fingerprint density at radius 1 is 1.14 bits per heavy atom. The fourth-order valence-electron chi connectivity index (χ4n) is 4.32. The summed E-state index contributed by atoms with van der Waals surface area (Å²) < 4.78 is 55.8. The van der Waals surface area contributed by atoms with E-state index >= 15 is 4.39 Å². The van der Waals surface area contributed by atoms with Gasteiger partial charge in [-0.05, 0) is 55.9 Å². The third-order valence-corrected chi connectivity index (χ3v) is 6.27. The first-order valence-corrected chi connectivity index (χ1v) is 12.2. The van der Waals surface area contributed by atoms with E-state index in [2.05, 4.69) is 28.8 Å². The minimum absolute atomic E-state index is 0.0212. The topological polar surface area (TPSA) is 68.6 Å². The van der Waals surface area contributed by atoms with E-state index in [1.54, 1.807) is 19.2 Å². The molecular weight excluding hydrogens is 482 g/mol. The molecule has 0 radical (unpaired) electrons. The van der Waals surface area contributed by atoms with Gasteiger partial charge in [-0.1, -0.05) is 32.0 Å². The number of allylic oxidation sites excluding steroid dienone is 2. The quantitative estimate of drug-likeness (QED) is 0.272. The third-order valence-electron chi connectivity index (χ3n) is 6.27. The summed E-state index contributed by atoms with van der Waals surface area (Å²) in [6.45, 7) is 6.09. The molecule has 4 rings (SSSR count). The number of para-hydroxylation sites is 1. The largest absolute Gasteiger partial charge is 0.434 e. The first-order valence-electron chi connectivity index (χ1n) is 12.2. The van der Waals surface area contributed by atoms with Gasteiger partial charge in [0.25, 0.3) is 0 Å². The molecule has 2 aromatic carbocycles. The molecule has 0 saturated carbocycles. The van der Waals surface area contributed by atoms with Crippen LogP contribution in [0.1, 0.15) is 57.2 Å². The van der Waals surface area contributed by atoms with E-state index in [0.717, 1.165) is 23.9 Å². The van der Waals surface area contributed by atoms with E-state index in [0.29, 0.717) is 41.4 Å². The molecule has 3 aromatic rings. The van der Waals surface area contributed by atoms with Crippen LogP contribution in [0.2, 0.25) is 0 Å². The third kappa shape index (κ3) is 5.81. The molecule has 0 unspecified atom stereocenters. The Kier molecular flexibility index (Phi) is 7.61. The number of hydrogen-bond donors (Lipinski definition) is 1. The van der Waals surface area contributed by atoms with Gasteiger partial charge in [-0.15, -0.1) is 0 Å². The Morgan fingerprint density at radius 3 is 2.57 bits per heavy atom. The normalized spacial score (nSPS) is 15.9. The molecule has 194 valence electrons. The van der Waals surface area contributed by atoms with Crippen LogP contribution in [0.25, 0.3) is 11.4 Å². The van der Waals surface area contributed by atoms with E-state index in [1.807, 2.05) is 24.3 Å². The zero-order valence-electron chi connectivity index (χ0n) is 21.0. The van der Waals surface area contributed by atoms with Crippen LogP contribution in [0.3, 0.4) is 0 Å². The van der Waals surface area contributed by atoms with Gasteiger partial charge in [-0.25, -0.2) is 9.37 Å². The van der Waals surface area contributed by atoms with Crippen molar-refractivity contribution in [3.05, 3.63) is 77.0 Å². The number of aliphatic imine (C=N–C) groups is 2. The molecule has 9 heteroatoms. The Bertz CT molecular complexity index is 1380. The molecule has 0 bridgehead atoms. The summed E-state index contributed by atoms with van der Waals surface area (Å²) in [4.78, 5) is 13.0. The lowest BCUT2D eigenvalue weighted by Gasteiger charge is -2.17. The molecular formula is C28H29F4N5. The smallest absolute Gasteiger partial charge is 0.401 e. The highest BCUT2D eigenvalue weighted by Crippen LogP contribution is 2.33. The maximum atomic E-state index is 15.1. The number of halogens is 4. The van der Waals surface area contributed by atoms with Gasteiger partial charge in [0.2, 0.25) is 0 Å². The lowest BCUT2D eigenvalue weighted by Crippen LogP contribution is -2.17. The number of nitrogens with zero attached hydrogens (tertiary/aromatic N) is 4. The molecule has 1 aromatic heterocycles. The first kappa shape index (κ1) is 26.3. The number of imidazole rings is 1. The first-order chi connectivity index (χ1) is 17.6. The molecule has 0 atom stereocenters. The van der Waals surface area contributed by atoms with Crippen molar-refractivity contribution in [2.45, 2.75) is 58.7 Å². The molecule has 0 fully saturated rings. The Labute approximate surface area is 213 Å². The van der Waals surface area contributed by atoms with E-state index < -0.39 is 17.7 Å². The molecule has 1 aliphatic carbocycles. The zero-order valence-corrected chi connectivity index (χ0v) is 21.0. The molecule has 1 heterocycles. The van der Waals surface area contributed by atoms with Gasteiger partial charge in [-0.3, -0.25) is 9.98 Å². The van der Waals surface area contributed by atoms with E-state index in [-0.39, 0.29) is 17.9 Å². The van der Waals surface area contributed by atoms with Crippen molar-refractivity contribution < 1.29 is 17.6 Å². The summed E-state index contributed by atoms with van der Waals surface area (Å²) in [6, 6.07) is 12.1. The second-order valence-electron chi connectivity index (χ2n) is 9.22. The highest BCUT2D eigenvalue weighted by atomic mass is 19.4. The fraction of sp³-hybridized carbons (Fsp3) is 0.321. The maximum absolute atomic E-state index is 15.1. The van der Waals surface area contributed by atoms with Gasteiger partial charge in [0, 0.05) is 36.3 Å². The molecule has 1 aliphatic rings. The van der Waals surface area contributed by atoms with Gasteiger partial charge in [0.05, 0.1) is 22.6 Å². The van der Waals surface area contributed by atoms with Crippen LogP contribution < -0.4 is 5.73 Å². The van der Waals surface area contributed by atoms with E-state index in [1.165, 1.54) is 16.7 Å². The van der Waals surface area contributed by atoms with Gasteiger partial charge < -0.3 is 10.3 Å². The average Bonchev–Trinajstić information content (AvgIpc) is 3.29. The van der Waals surface area contributed by atoms with Crippen molar-refractivity contribution in [3.63, 3.8) is 0 Å². The second-order valence-corrected chi connectivity index (χ2v) is 9.22. The molecule has 0 aliphatic heterocycles. The van der Waals surface area contributed by atoms with E-state index in [9.17, 15) is 13.2 Å². The van der Waals surface area contributed by atoms with Crippen molar-refractivity contribution in [2.75, 3.05) is 0 Å². The highest BCUT2D eigenvalue weighted by Gasteiger charge is 2.35. The van der Waals surface area contributed by atoms with Crippen molar-refractivity contribution >= 4 is 23.3 Å². The molecule has 37 heavy (non-hydrogen) atoms. The molecule has 0 amide bonds. The van der Waals surface area contributed by atoms with Gasteiger partial charge in [0.1, 0.15) is 11.6 Å². The molecule has 0 saturated heterocycles. The molecule has 2 N–H and O–H groups in total. The minimum Gasteiger partial charge on any atom is -0.401 e. The summed E-state index contributed by atoms with van der Waals surface area (Å²) in [7, 11) is 0. The number of hydrogen-bond acceptors (Lipinski definition) is 4. The Balaban J connectivity index is 1.67. The Hall–Kier alpha value is -3.75. The number of aromatic nitrogens is 2. The number of benzene rings is 2. The summed E-state index contributed by atoms with van der Waals surface area (Å²) >= 11 is 0. The van der Waals surface area contributed by atoms with Crippen LogP contribution in [0.4, 0.5) is 28.9 Å². The SMILES string of the molecule is CCn1cc(C(F)(F)F)nc1-c1ccc(N=C2CCCC(N)=C2C=Nc2ccccc2C(C)C)cc1F. The second kappa shape index (κ2) is 10.7. The summed E-state index contributed by atoms with van der Waals surface area (Å²) in [5, 5.41) is 0. The summed E-state index contributed by atoms with van der Waals surface area (Å²) in [6.07, 6.45) is 0.155. The maximum Gasteiger partial charge on any atom is 0.434 e. The lowest BCUT2D eigenvalue weighted by atomic mass is 9.94. The lowest BCUT2D eigenvalue weighted by molar-refractivity contribution is -0.140. The summed E-state index contributed by atoms with van der Waals surface area (Å²) in [5.74, 6) is -0.481. The van der Waals surface area contributed by atoms with Crippen LogP contribution in [0.15, 0.2) is 69.9 Å². The zero-order chi connectivity index (χ0) is 26.7. The van der Waals surface area contributed by atoms with E-state index in [4.69, 9.17) is 5.73 Å². The molecule has 5 nitrogen and oxygen atoms in total. The standard InChI is InChI=1S/C28H29F4N5/c1-4-37-16-26(28(30,31)32)36-27(37)20-13-12-18(14-22(20)29)35-25-11-7-9-23(33)21(25)15-34-24-10-6-5-8-19(24)17(2)3/h5-6,8,10,12-17H,4,7,9,11,33H2,1-3H3. The number of rotatable bonds is 6. The van der Waals surface area contributed by atoms with Gasteiger partial charge in [0.15, 0.2) is 5.69 Å². The number of aryl methyl sites for hydroxylation is 1. The number of nitrogens with two attached hydrogens (primary N) is 1. The van der Waals surface area contributed by atoms with Crippen LogP contribution >= 0.6 is 0 Å². The minimum atomic E-state index is -4.61. The van der Waals surface area contributed by atoms with Crippen molar-refractivity contribution in [2.24, 2.45) is 15.7 Å². The molecule has 0 spiro atoms. The average molecular weight is 512 g/mol. The van der Waals surface area contributed by atoms with Gasteiger partial charge >= 0.3 is 6.18 Å². The van der Waals surface area contributed by atoms with Crippen molar-refractivity contribution in [1.82, 2.24) is 9.55 Å². The van der Waals surface area contributed by atoms with Crippen LogP contribution in [0.5, 0.6) is 0 Å². The predicted molar refractivity (Wildman–Crippen MR) is 139 cm³/mol. The van der Waals surface area contributed by atoms with Crippen LogP contribution in [0, 0.1) is 5.82 Å². The predicted octanol–water partition coefficient (Wildman–Crippen LogP) is 7.72. The van der Waals surface area contributed by atoms with Crippen LogP contribution in [-0.4, -0.2) is 21.5 Å². The highest BCUT2D eigenvalue weighted by molar-refractivity contribution is 6.18. The Morgan fingerprint density at radius 2 is 1.89 bits per heavy atom. The van der Waals surface area contributed by atoms with Crippen LogP contribution in [-0.2, 0) is 12.7 Å². The number of alkyl halides is 3. The summed E-state index contributed by atoms with van der Waals surface area (Å²) in [5.41, 5.74) is 9.61. The monoisotopic (exact) mass is 511 g/mol. The van der Waals surface area contributed by atoms with Crippen molar-refractivity contribution in [3.8, 4) is 11.4 Å². The van der Waals surface area contributed by atoms with Gasteiger partial charge in [-0.2, -0.15) is 13.2 Å².